The maximum absolute atomic E-state index is 12.7. The van der Waals surface area contributed by atoms with Crippen LogP contribution in [0.3, 0.4) is 0 Å². The number of halogens is 1. The van der Waals surface area contributed by atoms with E-state index in [2.05, 4.69) is 30.7 Å². The third-order valence-electron chi connectivity index (χ3n) is 4.94. The molecule has 1 saturated heterocycles. The summed E-state index contributed by atoms with van der Waals surface area (Å²) in [7, 11) is 3.37. The van der Waals surface area contributed by atoms with Crippen molar-refractivity contribution >= 4 is 34.4 Å². The summed E-state index contributed by atoms with van der Waals surface area (Å²) in [6.07, 6.45) is 3.20. The zero-order chi connectivity index (χ0) is 19.7. The Balaban J connectivity index is 0.00000240. The fraction of sp³-hybridized carbons (Fsp3) is 0.389. The van der Waals surface area contributed by atoms with Gasteiger partial charge in [-0.05, 0) is 35.4 Å². The average Bonchev–Trinajstić information content (AvgIpc) is 3.14. The van der Waals surface area contributed by atoms with Crippen LogP contribution in [0, 0.1) is 0 Å². The van der Waals surface area contributed by atoms with Crippen molar-refractivity contribution < 1.29 is 11.0 Å². The first kappa shape index (κ1) is 18.4. The maximum atomic E-state index is 12.7. The number of aryl methyl sites for hydroxylation is 1. The van der Waals surface area contributed by atoms with E-state index in [9.17, 15) is 4.79 Å². The lowest BCUT2D eigenvalue weighted by Gasteiger charge is -2.32. The molecule has 0 saturated carbocycles. The number of carbonyl (C=O) groups is 1. The van der Waals surface area contributed by atoms with Gasteiger partial charge in [0, 0.05) is 39.2 Å². The lowest BCUT2D eigenvalue weighted by Crippen LogP contribution is -2.45. The van der Waals surface area contributed by atoms with Crippen molar-refractivity contribution in [3.05, 3.63) is 35.0 Å². The van der Waals surface area contributed by atoms with Gasteiger partial charge in [0.1, 0.15) is 5.52 Å². The zero-order valence-electron chi connectivity index (χ0n) is 15.6. The second kappa shape index (κ2) is 7.59. The molecular formula is C18H22ClN7O2. The number of piperidine rings is 1. The summed E-state index contributed by atoms with van der Waals surface area (Å²) in [5, 5.41) is 16.0. The van der Waals surface area contributed by atoms with Crippen LogP contribution in [0.25, 0.3) is 10.9 Å². The van der Waals surface area contributed by atoms with Crippen molar-refractivity contribution in [2.45, 2.75) is 18.9 Å². The van der Waals surface area contributed by atoms with Crippen molar-refractivity contribution in [1.82, 2.24) is 30.5 Å². The Morgan fingerprint density at radius 1 is 1.36 bits per heavy atom. The number of fused-ring (bicyclic) bond motifs is 1. The molecule has 1 aliphatic rings. The van der Waals surface area contributed by atoms with E-state index in [-0.39, 0.29) is 13.4 Å². The summed E-state index contributed by atoms with van der Waals surface area (Å²) in [5.41, 5.74) is 1.15. The number of amides is 1. The quantitative estimate of drug-likeness (QED) is 0.711. The fourth-order valence-electron chi connectivity index (χ4n) is 3.45. The lowest BCUT2D eigenvalue weighted by molar-refractivity contribution is 0.0931. The molecule has 9 nitrogen and oxygen atoms in total. The number of carbonyl (C=O) groups excluding carboxylic acids is 1. The summed E-state index contributed by atoms with van der Waals surface area (Å²) in [5.74, 6) is 1.12. The number of methoxy groups -OCH3 is 1. The van der Waals surface area contributed by atoms with E-state index in [1.807, 2.05) is 13.1 Å². The number of rotatable bonds is 4. The van der Waals surface area contributed by atoms with Gasteiger partial charge < -0.3 is 15.0 Å². The molecule has 0 aliphatic carbocycles. The van der Waals surface area contributed by atoms with Gasteiger partial charge in [-0.2, -0.15) is 0 Å². The first-order chi connectivity index (χ1) is 13.6. The molecule has 0 bridgehead atoms. The van der Waals surface area contributed by atoms with Crippen LogP contribution in [0.15, 0.2) is 24.4 Å². The van der Waals surface area contributed by atoms with E-state index in [4.69, 9.17) is 16.3 Å². The highest BCUT2D eigenvalue weighted by Gasteiger charge is 2.24. The largest absolute Gasteiger partial charge is 0.493 e. The van der Waals surface area contributed by atoms with Gasteiger partial charge in [-0.3, -0.25) is 9.78 Å². The normalized spacial score (nSPS) is 15.0. The number of aromatic nitrogens is 5. The van der Waals surface area contributed by atoms with Crippen molar-refractivity contribution in [3.63, 3.8) is 0 Å². The Kier molecular flexibility index (Phi) is 4.99. The van der Waals surface area contributed by atoms with Crippen molar-refractivity contribution in [2.24, 2.45) is 7.05 Å². The Morgan fingerprint density at radius 3 is 2.82 bits per heavy atom. The second-order valence-electron chi connectivity index (χ2n) is 6.71. The van der Waals surface area contributed by atoms with Gasteiger partial charge >= 0.3 is 0 Å². The van der Waals surface area contributed by atoms with E-state index in [1.165, 1.54) is 0 Å². The first-order valence-corrected chi connectivity index (χ1v) is 9.35. The molecule has 0 spiro atoms. The molecule has 0 unspecified atom stereocenters. The Labute approximate surface area is 168 Å². The van der Waals surface area contributed by atoms with E-state index >= 15 is 0 Å². The molecule has 4 rings (SSSR count). The van der Waals surface area contributed by atoms with Gasteiger partial charge in [0.25, 0.3) is 5.91 Å². The van der Waals surface area contributed by atoms with E-state index in [0.29, 0.717) is 21.9 Å². The number of hydrogen-bond donors (Lipinski definition) is 1. The van der Waals surface area contributed by atoms with Crippen LogP contribution >= 0.6 is 11.6 Å². The Morgan fingerprint density at radius 2 is 2.14 bits per heavy atom. The number of benzene rings is 1. The summed E-state index contributed by atoms with van der Waals surface area (Å²) in [6.45, 7) is 1.57. The van der Waals surface area contributed by atoms with Gasteiger partial charge in [0.05, 0.1) is 17.7 Å². The molecule has 0 radical (unpaired) electrons. The summed E-state index contributed by atoms with van der Waals surface area (Å²) < 4.78 is 6.97. The SMILES string of the molecule is COc1c(Cl)ccc2cc(C(=O)NC3CCN(c4nnnn4C)CC3)cnc12.[HH]. The van der Waals surface area contributed by atoms with E-state index in [1.54, 1.807) is 30.1 Å². The molecule has 1 amide bonds. The van der Waals surface area contributed by atoms with Crippen LogP contribution in [0.5, 0.6) is 5.75 Å². The summed E-state index contributed by atoms with van der Waals surface area (Å²) in [4.78, 5) is 19.2. The van der Waals surface area contributed by atoms with Gasteiger partial charge in [-0.1, -0.05) is 22.8 Å². The molecule has 1 aliphatic heterocycles. The number of anilines is 1. The van der Waals surface area contributed by atoms with Crippen LogP contribution in [-0.4, -0.2) is 57.3 Å². The second-order valence-corrected chi connectivity index (χ2v) is 7.12. The Bertz CT molecular complexity index is 1020. The van der Waals surface area contributed by atoms with Gasteiger partial charge in [0.2, 0.25) is 5.95 Å². The predicted octanol–water partition coefficient (Wildman–Crippen LogP) is 2.07. The smallest absolute Gasteiger partial charge is 0.253 e. The maximum Gasteiger partial charge on any atom is 0.253 e. The fourth-order valence-corrected chi connectivity index (χ4v) is 3.68. The minimum Gasteiger partial charge on any atom is -0.493 e. The molecule has 148 valence electrons. The van der Waals surface area contributed by atoms with Crippen LogP contribution in [0.1, 0.15) is 24.6 Å². The number of nitrogens with one attached hydrogen (secondary N) is 1. The molecule has 1 N–H and O–H groups in total. The standard InChI is InChI=1S/C18H20ClN7O2.H2/c1-25-18(22-23-24-25)26-7-5-13(6-8-26)21-17(27)12-9-11-3-4-14(19)16(28-2)15(11)20-10-12;/h3-4,9-10,13H,5-8H2,1-2H3,(H,21,27);1H. The van der Waals surface area contributed by atoms with Crippen molar-refractivity contribution in [1.29, 1.82) is 0 Å². The minimum atomic E-state index is -0.137. The monoisotopic (exact) mass is 403 g/mol. The Hall–Kier alpha value is -2.94. The topological polar surface area (TPSA) is 98.1 Å². The summed E-state index contributed by atoms with van der Waals surface area (Å²) in [6, 6.07) is 5.47. The van der Waals surface area contributed by atoms with Gasteiger partial charge in [-0.15, -0.1) is 0 Å². The number of hydrogen-bond acceptors (Lipinski definition) is 7. The summed E-state index contributed by atoms with van der Waals surface area (Å²) >= 11 is 6.13. The third-order valence-corrected chi connectivity index (χ3v) is 5.23. The van der Waals surface area contributed by atoms with Crippen LogP contribution in [-0.2, 0) is 7.05 Å². The number of pyridine rings is 1. The number of tetrazole rings is 1. The number of ether oxygens (including phenoxy) is 1. The molecular weight excluding hydrogens is 382 g/mol. The molecule has 3 heterocycles. The molecule has 1 aromatic carbocycles. The van der Waals surface area contributed by atoms with Gasteiger partial charge in [-0.25, -0.2) is 4.68 Å². The highest BCUT2D eigenvalue weighted by atomic mass is 35.5. The molecule has 1 fully saturated rings. The highest BCUT2D eigenvalue weighted by molar-refractivity contribution is 6.33. The van der Waals surface area contributed by atoms with Crippen LogP contribution < -0.4 is 15.0 Å². The lowest BCUT2D eigenvalue weighted by atomic mass is 10.0. The predicted molar refractivity (Wildman–Crippen MR) is 107 cm³/mol. The average molecular weight is 404 g/mol. The van der Waals surface area contributed by atoms with Crippen molar-refractivity contribution in [2.75, 3.05) is 25.1 Å². The highest BCUT2D eigenvalue weighted by Crippen LogP contribution is 2.32. The van der Waals surface area contributed by atoms with Crippen molar-refractivity contribution in [3.8, 4) is 5.75 Å². The third kappa shape index (κ3) is 3.45. The molecule has 2 aromatic heterocycles. The minimum absolute atomic E-state index is 0. The molecule has 0 atom stereocenters. The van der Waals surface area contributed by atoms with Gasteiger partial charge in [0.15, 0.2) is 5.75 Å². The molecule has 28 heavy (non-hydrogen) atoms. The number of nitrogens with zero attached hydrogens (tertiary/aromatic N) is 6. The first-order valence-electron chi connectivity index (χ1n) is 8.97. The van der Waals surface area contributed by atoms with Crippen LogP contribution in [0.2, 0.25) is 5.02 Å². The van der Waals surface area contributed by atoms with E-state index < -0.39 is 0 Å². The van der Waals surface area contributed by atoms with Crippen LogP contribution in [0.4, 0.5) is 5.95 Å². The molecule has 10 heteroatoms. The van der Waals surface area contributed by atoms with E-state index in [0.717, 1.165) is 37.3 Å². The zero-order valence-corrected chi connectivity index (χ0v) is 16.3. The molecule has 3 aromatic rings.